The summed E-state index contributed by atoms with van der Waals surface area (Å²) in [5, 5.41) is 6.62. The minimum absolute atomic E-state index is 0.0331. The van der Waals surface area contributed by atoms with Gasteiger partial charge in [0, 0.05) is 44.3 Å². The number of guanidine groups is 1. The molecular weight excluding hydrogens is 393 g/mol. The molecule has 0 aromatic heterocycles. The summed E-state index contributed by atoms with van der Waals surface area (Å²) in [6.07, 6.45) is -1.67. The summed E-state index contributed by atoms with van der Waals surface area (Å²) >= 11 is 0. The number of nitrogens with one attached hydrogen (secondary N) is 2. The maximum atomic E-state index is 12.7. The van der Waals surface area contributed by atoms with Gasteiger partial charge in [0.05, 0.1) is 13.1 Å². The molecule has 1 unspecified atom stereocenters. The number of alkyl halides is 3. The Hall–Kier alpha value is -1.80. The highest BCUT2D eigenvalue weighted by atomic mass is 19.4. The maximum Gasteiger partial charge on any atom is 0.401 e. The van der Waals surface area contributed by atoms with Gasteiger partial charge in [0.2, 0.25) is 0 Å². The number of halogens is 3. The van der Waals surface area contributed by atoms with E-state index in [1.807, 2.05) is 13.0 Å². The molecule has 168 valence electrons. The molecule has 0 radical (unpaired) electrons. The molecule has 8 heteroatoms. The number of nitrogens with zero attached hydrogens (tertiary/aromatic N) is 2. The lowest BCUT2D eigenvalue weighted by Gasteiger charge is -2.37. The third-order valence-corrected chi connectivity index (χ3v) is 6.07. The van der Waals surface area contributed by atoms with Crippen LogP contribution in [-0.4, -0.2) is 69.0 Å². The third-order valence-electron chi connectivity index (χ3n) is 6.07. The molecule has 30 heavy (non-hydrogen) atoms. The average molecular weight is 427 g/mol. The van der Waals surface area contributed by atoms with Crippen molar-refractivity contribution in [3.63, 3.8) is 0 Å². The zero-order valence-electron chi connectivity index (χ0n) is 17.9. The van der Waals surface area contributed by atoms with Crippen LogP contribution in [-0.2, 0) is 10.2 Å². The lowest BCUT2D eigenvalue weighted by Crippen LogP contribution is -2.46. The zero-order chi connectivity index (χ0) is 21.6. The van der Waals surface area contributed by atoms with Gasteiger partial charge in [0.1, 0.15) is 0 Å². The van der Waals surface area contributed by atoms with Gasteiger partial charge in [0.25, 0.3) is 0 Å². The predicted octanol–water partition coefficient (Wildman–Crippen LogP) is 3.23. The molecule has 2 aliphatic rings. The monoisotopic (exact) mass is 426 g/mol. The van der Waals surface area contributed by atoms with E-state index in [-0.39, 0.29) is 11.5 Å². The van der Waals surface area contributed by atoms with Gasteiger partial charge >= 0.3 is 6.18 Å². The topological polar surface area (TPSA) is 48.9 Å². The number of rotatable bonds is 6. The standard InChI is InChI=1S/C22H33F3N4O/c1-3-26-20(28-18-8-11-29(14-18)16-22(23,24)25)27-15-21(9-12-30-13-10-21)19-7-5-4-6-17(19)2/h4-7,18H,3,8-16H2,1-2H3,(H2,26,27,28). The SMILES string of the molecule is CCNC(=NCC1(c2ccccc2C)CCOCC1)NC1CCN(CC(F)(F)F)C1. The van der Waals surface area contributed by atoms with Crippen molar-refractivity contribution < 1.29 is 17.9 Å². The van der Waals surface area contributed by atoms with Crippen LogP contribution in [0.25, 0.3) is 0 Å². The molecule has 1 atom stereocenters. The van der Waals surface area contributed by atoms with Crippen molar-refractivity contribution in [3.8, 4) is 0 Å². The molecule has 0 aliphatic carbocycles. The molecule has 0 bridgehead atoms. The average Bonchev–Trinajstić information content (AvgIpc) is 3.12. The van der Waals surface area contributed by atoms with E-state index in [2.05, 4.69) is 35.8 Å². The number of hydrogen-bond acceptors (Lipinski definition) is 3. The smallest absolute Gasteiger partial charge is 0.381 e. The molecule has 2 heterocycles. The van der Waals surface area contributed by atoms with Crippen molar-refractivity contribution in [1.82, 2.24) is 15.5 Å². The van der Waals surface area contributed by atoms with Gasteiger partial charge in [-0.1, -0.05) is 24.3 Å². The Morgan fingerprint density at radius 1 is 1.27 bits per heavy atom. The Morgan fingerprint density at radius 3 is 2.67 bits per heavy atom. The van der Waals surface area contributed by atoms with E-state index in [4.69, 9.17) is 9.73 Å². The first-order chi connectivity index (χ1) is 14.3. The largest absolute Gasteiger partial charge is 0.401 e. The number of aliphatic imine (C=N–C) groups is 1. The normalized spacial score (nSPS) is 22.8. The molecule has 2 aliphatic heterocycles. The van der Waals surface area contributed by atoms with Crippen molar-refractivity contribution in [2.45, 2.75) is 50.7 Å². The second-order valence-corrected chi connectivity index (χ2v) is 8.38. The van der Waals surface area contributed by atoms with E-state index in [0.717, 1.165) is 12.8 Å². The molecule has 2 fully saturated rings. The maximum absolute atomic E-state index is 12.7. The van der Waals surface area contributed by atoms with Gasteiger partial charge in [-0.2, -0.15) is 13.2 Å². The third kappa shape index (κ3) is 6.11. The number of aryl methyl sites for hydroxylation is 1. The Kier molecular flexibility index (Phi) is 7.63. The summed E-state index contributed by atoms with van der Waals surface area (Å²) in [6.45, 7) is 6.84. The molecule has 3 rings (SSSR count). The van der Waals surface area contributed by atoms with Gasteiger partial charge in [-0.15, -0.1) is 0 Å². The van der Waals surface area contributed by atoms with Crippen LogP contribution < -0.4 is 10.6 Å². The molecule has 0 saturated carbocycles. The fourth-order valence-corrected chi connectivity index (χ4v) is 4.53. The number of ether oxygens (including phenoxy) is 1. The first kappa shape index (κ1) is 22.9. The van der Waals surface area contributed by atoms with Gasteiger partial charge in [-0.05, 0) is 44.2 Å². The highest BCUT2D eigenvalue weighted by molar-refractivity contribution is 5.80. The molecule has 1 aromatic carbocycles. The predicted molar refractivity (Wildman–Crippen MR) is 113 cm³/mol. The van der Waals surface area contributed by atoms with Crippen molar-refractivity contribution in [2.75, 3.05) is 45.9 Å². The van der Waals surface area contributed by atoms with Crippen LogP contribution in [0.1, 0.15) is 37.3 Å². The minimum atomic E-state index is -4.16. The van der Waals surface area contributed by atoms with Crippen LogP contribution in [0.5, 0.6) is 0 Å². The fourth-order valence-electron chi connectivity index (χ4n) is 4.53. The highest BCUT2D eigenvalue weighted by Gasteiger charge is 2.36. The van der Waals surface area contributed by atoms with Crippen molar-refractivity contribution in [3.05, 3.63) is 35.4 Å². The summed E-state index contributed by atoms with van der Waals surface area (Å²) in [5.41, 5.74) is 2.49. The zero-order valence-corrected chi connectivity index (χ0v) is 17.9. The lowest BCUT2D eigenvalue weighted by molar-refractivity contribution is -0.143. The summed E-state index contributed by atoms with van der Waals surface area (Å²) < 4.78 is 43.6. The Balaban J connectivity index is 1.70. The fraction of sp³-hybridized carbons (Fsp3) is 0.682. The van der Waals surface area contributed by atoms with Crippen molar-refractivity contribution in [1.29, 1.82) is 0 Å². The quantitative estimate of drug-likeness (QED) is 0.542. The number of benzene rings is 1. The molecule has 0 spiro atoms. The van der Waals surface area contributed by atoms with Gasteiger partial charge < -0.3 is 15.4 Å². The molecule has 1 aromatic rings. The first-order valence-corrected chi connectivity index (χ1v) is 10.8. The van der Waals surface area contributed by atoms with Crippen LogP contribution in [0, 0.1) is 6.92 Å². The van der Waals surface area contributed by atoms with Crippen molar-refractivity contribution in [2.24, 2.45) is 4.99 Å². The number of likely N-dealkylation sites (tertiary alicyclic amines) is 1. The minimum Gasteiger partial charge on any atom is -0.381 e. The Bertz CT molecular complexity index is 717. The van der Waals surface area contributed by atoms with E-state index < -0.39 is 12.7 Å². The second kappa shape index (κ2) is 10.0. The molecule has 2 N–H and O–H groups in total. The van der Waals surface area contributed by atoms with Gasteiger partial charge in [-0.25, -0.2) is 0 Å². The van der Waals surface area contributed by atoms with Crippen LogP contribution in [0.3, 0.4) is 0 Å². The van der Waals surface area contributed by atoms with E-state index in [9.17, 15) is 13.2 Å². The van der Waals surface area contributed by atoms with Crippen LogP contribution in [0.15, 0.2) is 29.3 Å². The molecular formula is C22H33F3N4O. The molecule has 0 amide bonds. The van der Waals surface area contributed by atoms with Gasteiger partial charge in [-0.3, -0.25) is 9.89 Å². The molecule has 2 saturated heterocycles. The Labute approximate surface area is 177 Å². The van der Waals surface area contributed by atoms with E-state index in [1.54, 1.807) is 0 Å². The lowest BCUT2D eigenvalue weighted by atomic mass is 9.72. The van der Waals surface area contributed by atoms with Crippen LogP contribution >= 0.6 is 0 Å². The van der Waals surface area contributed by atoms with E-state index >= 15 is 0 Å². The van der Waals surface area contributed by atoms with E-state index in [1.165, 1.54) is 16.0 Å². The highest BCUT2D eigenvalue weighted by Crippen LogP contribution is 2.37. The molecule has 5 nitrogen and oxygen atoms in total. The first-order valence-electron chi connectivity index (χ1n) is 10.8. The summed E-state index contributed by atoms with van der Waals surface area (Å²) in [5.74, 6) is 0.677. The summed E-state index contributed by atoms with van der Waals surface area (Å²) in [7, 11) is 0. The van der Waals surface area contributed by atoms with E-state index in [0.29, 0.717) is 51.8 Å². The van der Waals surface area contributed by atoms with Crippen LogP contribution in [0.2, 0.25) is 0 Å². The van der Waals surface area contributed by atoms with Crippen molar-refractivity contribution >= 4 is 5.96 Å². The Morgan fingerprint density at radius 2 is 2.00 bits per heavy atom. The second-order valence-electron chi connectivity index (χ2n) is 8.38. The van der Waals surface area contributed by atoms with Crippen LogP contribution in [0.4, 0.5) is 13.2 Å². The summed E-state index contributed by atoms with van der Waals surface area (Å²) in [6, 6.07) is 8.40. The number of hydrogen-bond donors (Lipinski definition) is 2. The van der Waals surface area contributed by atoms with Gasteiger partial charge in [0.15, 0.2) is 5.96 Å². The summed E-state index contributed by atoms with van der Waals surface area (Å²) in [4.78, 5) is 6.34.